The summed E-state index contributed by atoms with van der Waals surface area (Å²) < 4.78 is 2.55. The second-order valence-corrected chi connectivity index (χ2v) is 11.2. The Bertz CT molecular complexity index is 900. The van der Waals surface area contributed by atoms with Crippen LogP contribution in [0.15, 0.2) is 18.3 Å². The molecule has 5 nitrogen and oxygen atoms in total. The standard InChI is InChI=1S/C28H44N4O/c1-21(2)22-7-9-23(10-8-22)31-17-11-24(12-18-31)32-27(13-19-33)26(20-30-15-3-4-16-30)25-6-5-14-29-28(25)32/h5-6,14,21-24,33H,3-4,7-13,15-20H2,1-2H3. The fraction of sp³-hybridized carbons (Fsp3) is 0.750. The zero-order valence-electron chi connectivity index (χ0n) is 20.9. The van der Waals surface area contributed by atoms with Gasteiger partial charge in [-0.05, 0) is 94.0 Å². The molecular formula is C28H44N4O. The van der Waals surface area contributed by atoms with Crippen molar-refractivity contribution in [3.8, 4) is 0 Å². The molecule has 0 aromatic carbocycles. The maximum absolute atomic E-state index is 9.97. The highest BCUT2D eigenvalue weighted by Crippen LogP contribution is 2.37. The molecule has 182 valence electrons. The molecule has 0 amide bonds. The number of aromatic nitrogens is 2. The molecule has 33 heavy (non-hydrogen) atoms. The van der Waals surface area contributed by atoms with Gasteiger partial charge in [0.1, 0.15) is 5.65 Å². The van der Waals surface area contributed by atoms with Gasteiger partial charge in [-0.15, -0.1) is 0 Å². The van der Waals surface area contributed by atoms with Crippen LogP contribution in [0.1, 0.15) is 82.5 Å². The molecule has 2 saturated heterocycles. The van der Waals surface area contributed by atoms with Gasteiger partial charge in [0.2, 0.25) is 0 Å². The molecule has 5 rings (SSSR count). The summed E-state index contributed by atoms with van der Waals surface area (Å²) in [5.74, 6) is 1.78. The van der Waals surface area contributed by atoms with E-state index in [1.807, 2.05) is 6.20 Å². The monoisotopic (exact) mass is 452 g/mol. The van der Waals surface area contributed by atoms with Gasteiger partial charge < -0.3 is 14.6 Å². The van der Waals surface area contributed by atoms with E-state index in [2.05, 4.69) is 40.3 Å². The molecule has 0 atom stereocenters. The van der Waals surface area contributed by atoms with Crippen molar-refractivity contribution in [2.45, 2.75) is 90.3 Å². The van der Waals surface area contributed by atoms with Crippen LogP contribution in [0, 0.1) is 11.8 Å². The van der Waals surface area contributed by atoms with Crippen molar-refractivity contribution in [2.75, 3.05) is 32.8 Å². The van der Waals surface area contributed by atoms with Gasteiger partial charge in [0.05, 0.1) is 0 Å². The van der Waals surface area contributed by atoms with E-state index in [9.17, 15) is 5.11 Å². The Morgan fingerprint density at radius 2 is 1.70 bits per heavy atom. The molecule has 1 N–H and O–H groups in total. The smallest absolute Gasteiger partial charge is 0.140 e. The van der Waals surface area contributed by atoms with E-state index in [4.69, 9.17) is 4.98 Å². The molecule has 0 unspecified atom stereocenters. The molecule has 0 radical (unpaired) electrons. The summed E-state index contributed by atoms with van der Waals surface area (Å²) >= 11 is 0. The first-order valence-corrected chi connectivity index (χ1v) is 13.7. The second kappa shape index (κ2) is 10.5. The van der Waals surface area contributed by atoms with Crippen LogP contribution in [0.2, 0.25) is 0 Å². The summed E-state index contributed by atoms with van der Waals surface area (Å²) in [5.41, 5.74) is 3.91. The molecule has 3 fully saturated rings. The Hall–Kier alpha value is -1.43. The van der Waals surface area contributed by atoms with E-state index >= 15 is 0 Å². The molecule has 0 spiro atoms. The lowest BCUT2D eigenvalue weighted by Gasteiger charge is -2.42. The number of rotatable bonds is 7. The highest BCUT2D eigenvalue weighted by atomic mass is 16.3. The van der Waals surface area contributed by atoms with E-state index in [1.165, 1.54) is 94.2 Å². The third kappa shape index (κ3) is 4.87. The number of aliphatic hydroxyl groups is 1. The van der Waals surface area contributed by atoms with Crippen LogP contribution >= 0.6 is 0 Å². The first kappa shape index (κ1) is 23.3. The number of likely N-dealkylation sites (tertiary alicyclic amines) is 2. The Morgan fingerprint density at radius 1 is 0.970 bits per heavy atom. The molecule has 3 aliphatic rings. The van der Waals surface area contributed by atoms with E-state index in [1.54, 1.807) is 0 Å². The van der Waals surface area contributed by atoms with Gasteiger partial charge >= 0.3 is 0 Å². The van der Waals surface area contributed by atoms with E-state index in [0.717, 1.165) is 36.5 Å². The minimum atomic E-state index is 0.210. The van der Waals surface area contributed by atoms with Gasteiger partial charge in [-0.1, -0.05) is 13.8 Å². The van der Waals surface area contributed by atoms with E-state index < -0.39 is 0 Å². The fourth-order valence-electron chi connectivity index (χ4n) is 7.01. The first-order chi connectivity index (χ1) is 16.2. The molecule has 1 saturated carbocycles. The Morgan fingerprint density at radius 3 is 2.36 bits per heavy atom. The lowest BCUT2D eigenvalue weighted by atomic mass is 9.79. The number of aliphatic hydroxyl groups excluding tert-OH is 1. The van der Waals surface area contributed by atoms with Crippen molar-refractivity contribution >= 4 is 11.0 Å². The van der Waals surface area contributed by atoms with Crippen molar-refractivity contribution in [3.63, 3.8) is 0 Å². The van der Waals surface area contributed by atoms with Gasteiger partial charge in [0, 0.05) is 62.0 Å². The van der Waals surface area contributed by atoms with Gasteiger partial charge in [-0.2, -0.15) is 0 Å². The number of piperidine rings is 1. The van der Waals surface area contributed by atoms with Crippen LogP contribution in [0.3, 0.4) is 0 Å². The third-order valence-electron chi connectivity index (χ3n) is 8.97. The lowest BCUT2D eigenvalue weighted by molar-refractivity contribution is 0.0887. The van der Waals surface area contributed by atoms with E-state index in [0.29, 0.717) is 6.04 Å². The molecule has 0 bridgehead atoms. The summed E-state index contributed by atoms with van der Waals surface area (Å²) in [6.07, 6.45) is 13.3. The van der Waals surface area contributed by atoms with Crippen LogP contribution in [0.5, 0.6) is 0 Å². The minimum absolute atomic E-state index is 0.210. The van der Waals surface area contributed by atoms with Crippen LogP contribution in [0.4, 0.5) is 0 Å². The van der Waals surface area contributed by atoms with Gasteiger partial charge in [-0.3, -0.25) is 4.90 Å². The van der Waals surface area contributed by atoms with Crippen molar-refractivity contribution in [1.29, 1.82) is 0 Å². The van der Waals surface area contributed by atoms with Crippen LogP contribution in [0.25, 0.3) is 11.0 Å². The fourth-order valence-corrected chi connectivity index (χ4v) is 7.01. The number of nitrogens with zero attached hydrogens (tertiary/aromatic N) is 4. The maximum atomic E-state index is 9.97. The Balaban J connectivity index is 1.34. The minimum Gasteiger partial charge on any atom is -0.396 e. The summed E-state index contributed by atoms with van der Waals surface area (Å²) in [6, 6.07) is 5.63. The number of hydrogen-bond acceptors (Lipinski definition) is 4. The summed E-state index contributed by atoms with van der Waals surface area (Å²) in [7, 11) is 0. The average molecular weight is 453 g/mol. The third-order valence-corrected chi connectivity index (χ3v) is 8.97. The summed E-state index contributed by atoms with van der Waals surface area (Å²) in [4.78, 5) is 10.3. The molecule has 2 aliphatic heterocycles. The van der Waals surface area contributed by atoms with Crippen LogP contribution in [-0.4, -0.2) is 63.3 Å². The van der Waals surface area contributed by atoms with E-state index in [-0.39, 0.29) is 6.61 Å². The topological polar surface area (TPSA) is 44.5 Å². The zero-order valence-corrected chi connectivity index (χ0v) is 20.9. The van der Waals surface area contributed by atoms with Crippen molar-refractivity contribution in [3.05, 3.63) is 29.6 Å². The highest BCUT2D eigenvalue weighted by Gasteiger charge is 2.32. The predicted octanol–water partition coefficient (Wildman–Crippen LogP) is 5.02. The largest absolute Gasteiger partial charge is 0.396 e. The van der Waals surface area contributed by atoms with Crippen LogP contribution < -0.4 is 0 Å². The van der Waals surface area contributed by atoms with Crippen molar-refractivity contribution in [1.82, 2.24) is 19.4 Å². The lowest BCUT2D eigenvalue weighted by Crippen LogP contribution is -2.44. The van der Waals surface area contributed by atoms with Crippen LogP contribution in [-0.2, 0) is 13.0 Å². The molecule has 1 aliphatic carbocycles. The number of hydrogen-bond donors (Lipinski definition) is 1. The van der Waals surface area contributed by atoms with Gasteiger partial charge in [0.25, 0.3) is 0 Å². The Labute approximate surface area is 200 Å². The van der Waals surface area contributed by atoms with Gasteiger partial charge in [-0.25, -0.2) is 4.98 Å². The predicted molar refractivity (Wildman–Crippen MR) is 135 cm³/mol. The zero-order chi connectivity index (χ0) is 22.8. The molecule has 2 aromatic heterocycles. The molecule has 5 heteroatoms. The summed E-state index contributed by atoms with van der Waals surface area (Å²) in [6.45, 7) is 10.8. The Kier molecular flexibility index (Phi) is 7.39. The quantitative estimate of drug-likeness (QED) is 0.641. The molecule has 2 aromatic rings. The van der Waals surface area contributed by atoms with Crippen molar-refractivity contribution in [2.24, 2.45) is 11.8 Å². The highest BCUT2D eigenvalue weighted by molar-refractivity contribution is 5.82. The number of pyridine rings is 1. The first-order valence-electron chi connectivity index (χ1n) is 13.7. The van der Waals surface area contributed by atoms with Gasteiger partial charge in [0.15, 0.2) is 0 Å². The number of fused-ring (bicyclic) bond motifs is 1. The normalized spacial score (nSPS) is 26.1. The molecule has 4 heterocycles. The second-order valence-electron chi connectivity index (χ2n) is 11.2. The maximum Gasteiger partial charge on any atom is 0.140 e. The summed E-state index contributed by atoms with van der Waals surface area (Å²) in [5, 5.41) is 11.3. The average Bonchev–Trinajstić information content (AvgIpc) is 3.47. The SMILES string of the molecule is CC(C)C1CCC(N2CCC(n3c(CCO)c(CN4CCCC4)c4cccnc43)CC2)CC1. The molecular weight excluding hydrogens is 408 g/mol. The van der Waals surface area contributed by atoms with Crippen molar-refractivity contribution < 1.29 is 5.11 Å².